The second kappa shape index (κ2) is 6.35. The van der Waals surface area contributed by atoms with Crippen LogP contribution in [0.15, 0.2) is 18.2 Å². The summed E-state index contributed by atoms with van der Waals surface area (Å²) in [5.41, 5.74) is 0.146. The van der Waals surface area contributed by atoms with Crippen LogP contribution in [0.1, 0.15) is 12.7 Å². The Morgan fingerprint density at radius 3 is 2.55 bits per heavy atom. The van der Waals surface area contributed by atoms with E-state index in [0.29, 0.717) is 17.7 Å². The SMILES string of the molecule is CCN(CCO)c1nc(C(F)(F)F)nc2cc(OC)ccc12. The van der Waals surface area contributed by atoms with Gasteiger partial charge in [0, 0.05) is 24.5 Å². The Bertz CT molecular complexity index is 662. The molecular weight excluding hydrogens is 299 g/mol. The summed E-state index contributed by atoms with van der Waals surface area (Å²) in [6.07, 6.45) is -4.65. The molecule has 22 heavy (non-hydrogen) atoms. The van der Waals surface area contributed by atoms with Gasteiger partial charge in [0.15, 0.2) is 0 Å². The van der Waals surface area contributed by atoms with Crippen LogP contribution >= 0.6 is 0 Å². The van der Waals surface area contributed by atoms with E-state index in [1.165, 1.54) is 13.2 Å². The second-order valence-corrected chi connectivity index (χ2v) is 4.55. The maximum absolute atomic E-state index is 13.0. The van der Waals surface area contributed by atoms with E-state index < -0.39 is 12.0 Å². The molecular formula is C14H16F3N3O2. The fourth-order valence-electron chi connectivity index (χ4n) is 2.12. The number of anilines is 1. The van der Waals surface area contributed by atoms with Gasteiger partial charge in [-0.05, 0) is 19.1 Å². The minimum Gasteiger partial charge on any atom is -0.497 e. The molecule has 1 aromatic heterocycles. The maximum atomic E-state index is 13.0. The normalized spacial score (nSPS) is 11.7. The van der Waals surface area contributed by atoms with Crippen LogP contribution < -0.4 is 9.64 Å². The van der Waals surface area contributed by atoms with Gasteiger partial charge in [-0.3, -0.25) is 0 Å². The number of aliphatic hydroxyl groups is 1. The van der Waals surface area contributed by atoms with Crippen LogP contribution in [0.2, 0.25) is 0 Å². The number of benzene rings is 1. The van der Waals surface area contributed by atoms with Crippen molar-refractivity contribution in [2.45, 2.75) is 13.1 Å². The van der Waals surface area contributed by atoms with E-state index in [0.717, 1.165) is 0 Å². The molecule has 0 aliphatic heterocycles. The highest BCUT2D eigenvalue weighted by Gasteiger charge is 2.36. The number of hydrogen-bond donors (Lipinski definition) is 1. The number of ether oxygens (including phenoxy) is 1. The number of alkyl halides is 3. The van der Waals surface area contributed by atoms with Crippen molar-refractivity contribution < 1.29 is 23.0 Å². The molecule has 2 aromatic rings. The predicted molar refractivity (Wildman–Crippen MR) is 76.1 cm³/mol. The second-order valence-electron chi connectivity index (χ2n) is 4.55. The van der Waals surface area contributed by atoms with Crippen LogP contribution in [0.3, 0.4) is 0 Å². The number of likely N-dealkylation sites (N-methyl/N-ethyl adjacent to an activating group) is 1. The average molecular weight is 315 g/mol. The van der Waals surface area contributed by atoms with E-state index in [-0.39, 0.29) is 24.5 Å². The van der Waals surface area contributed by atoms with Crippen LogP contribution in [0.25, 0.3) is 10.9 Å². The van der Waals surface area contributed by atoms with Gasteiger partial charge in [-0.2, -0.15) is 13.2 Å². The van der Waals surface area contributed by atoms with Gasteiger partial charge >= 0.3 is 6.18 Å². The third kappa shape index (κ3) is 3.22. The van der Waals surface area contributed by atoms with Crippen LogP contribution in [0, 0.1) is 0 Å². The van der Waals surface area contributed by atoms with Crippen molar-refractivity contribution in [3.05, 3.63) is 24.0 Å². The standard InChI is InChI=1S/C14H16F3N3O2/c1-3-20(6-7-21)12-10-5-4-9(22-2)8-11(10)18-13(19-12)14(15,16)17/h4-5,8,21H,3,6-7H2,1-2H3. The number of halogens is 3. The summed E-state index contributed by atoms with van der Waals surface area (Å²) < 4.78 is 44.0. The molecule has 0 saturated heterocycles. The molecule has 1 aromatic carbocycles. The number of hydrogen-bond acceptors (Lipinski definition) is 5. The number of fused-ring (bicyclic) bond motifs is 1. The van der Waals surface area contributed by atoms with E-state index >= 15 is 0 Å². The highest BCUT2D eigenvalue weighted by Crippen LogP contribution is 2.33. The van der Waals surface area contributed by atoms with Gasteiger partial charge in [-0.25, -0.2) is 9.97 Å². The van der Waals surface area contributed by atoms with Crippen LogP contribution in [-0.2, 0) is 6.18 Å². The molecule has 2 rings (SSSR count). The summed E-state index contributed by atoms with van der Waals surface area (Å²) >= 11 is 0. The van der Waals surface area contributed by atoms with Gasteiger partial charge in [0.2, 0.25) is 5.82 Å². The highest BCUT2D eigenvalue weighted by molar-refractivity contribution is 5.90. The Kier molecular flexibility index (Phi) is 4.70. The third-order valence-electron chi connectivity index (χ3n) is 3.19. The zero-order valence-corrected chi connectivity index (χ0v) is 12.2. The minimum absolute atomic E-state index is 0.146. The van der Waals surface area contributed by atoms with E-state index in [4.69, 9.17) is 9.84 Å². The molecule has 8 heteroatoms. The van der Waals surface area contributed by atoms with Gasteiger partial charge in [-0.15, -0.1) is 0 Å². The van der Waals surface area contributed by atoms with Gasteiger partial charge in [0.25, 0.3) is 0 Å². The molecule has 1 N–H and O–H groups in total. The lowest BCUT2D eigenvalue weighted by molar-refractivity contribution is -0.144. The molecule has 0 aliphatic carbocycles. The largest absolute Gasteiger partial charge is 0.497 e. The van der Waals surface area contributed by atoms with Crippen LogP contribution in [-0.4, -0.2) is 41.9 Å². The summed E-state index contributed by atoms with van der Waals surface area (Å²) in [5, 5.41) is 9.56. The molecule has 0 unspecified atom stereocenters. The van der Waals surface area contributed by atoms with Crippen molar-refractivity contribution in [1.29, 1.82) is 0 Å². The predicted octanol–water partition coefficient (Wildman–Crippen LogP) is 2.48. The molecule has 0 amide bonds. The average Bonchev–Trinajstić information content (AvgIpc) is 2.50. The van der Waals surface area contributed by atoms with Gasteiger partial charge in [0.05, 0.1) is 19.2 Å². The first-order chi connectivity index (χ1) is 10.4. The van der Waals surface area contributed by atoms with Crippen molar-refractivity contribution in [3.8, 4) is 5.75 Å². The molecule has 5 nitrogen and oxygen atoms in total. The minimum atomic E-state index is -4.65. The summed E-state index contributed by atoms with van der Waals surface area (Å²) in [5.74, 6) is -0.647. The lowest BCUT2D eigenvalue weighted by atomic mass is 10.2. The number of nitrogens with zero attached hydrogens (tertiary/aromatic N) is 3. The van der Waals surface area contributed by atoms with Crippen LogP contribution in [0.4, 0.5) is 19.0 Å². The van der Waals surface area contributed by atoms with Crippen LogP contribution in [0.5, 0.6) is 5.75 Å². The number of rotatable bonds is 5. The van der Waals surface area contributed by atoms with E-state index in [9.17, 15) is 13.2 Å². The lowest BCUT2D eigenvalue weighted by Gasteiger charge is -2.23. The molecule has 1 heterocycles. The molecule has 0 aliphatic rings. The Morgan fingerprint density at radius 1 is 1.27 bits per heavy atom. The summed E-state index contributed by atoms with van der Waals surface area (Å²) in [4.78, 5) is 8.82. The fourth-order valence-corrected chi connectivity index (χ4v) is 2.12. The highest BCUT2D eigenvalue weighted by atomic mass is 19.4. The zero-order chi connectivity index (χ0) is 16.3. The Hall–Kier alpha value is -2.09. The first-order valence-corrected chi connectivity index (χ1v) is 6.69. The van der Waals surface area contributed by atoms with Gasteiger partial charge in [0.1, 0.15) is 11.6 Å². The Labute approximate surface area is 125 Å². The molecule has 0 saturated carbocycles. The molecule has 0 fully saturated rings. The number of methoxy groups -OCH3 is 1. The monoisotopic (exact) mass is 315 g/mol. The van der Waals surface area contributed by atoms with Gasteiger partial charge < -0.3 is 14.7 Å². The smallest absolute Gasteiger partial charge is 0.451 e. The third-order valence-corrected chi connectivity index (χ3v) is 3.19. The quantitative estimate of drug-likeness (QED) is 0.918. The van der Waals surface area contributed by atoms with Crippen molar-refractivity contribution in [2.24, 2.45) is 0 Å². The molecule has 0 radical (unpaired) electrons. The van der Waals surface area contributed by atoms with E-state index in [2.05, 4.69) is 9.97 Å². The zero-order valence-electron chi connectivity index (χ0n) is 12.2. The molecule has 120 valence electrons. The lowest BCUT2D eigenvalue weighted by Crippen LogP contribution is -2.28. The van der Waals surface area contributed by atoms with Crippen molar-refractivity contribution in [3.63, 3.8) is 0 Å². The molecule has 0 atom stereocenters. The number of aromatic nitrogens is 2. The molecule has 0 spiro atoms. The van der Waals surface area contributed by atoms with Gasteiger partial charge in [-0.1, -0.05) is 0 Å². The first-order valence-electron chi connectivity index (χ1n) is 6.69. The maximum Gasteiger partial charge on any atom is 0.451 e. The van der Waals surface area contributed by atoms with Crippen molar-refractivity contribution >= 4 is 16.7 Å². The first kappa shape index (κ1) is 16.3. The summed E-state index contributed by atoms with van der Waals surface area (Å²) in [6.45, 7) is 2.19. The Balaban J connectivity index is 2.70. The van der Waals surface area contributed by atoms with E-state index in [1.807, 2.05) is 0 Å². The summed E-state index contributed by atoms with van der Waals surface area (Å²) in [6, 6.07) is 4.68. The fraction of sp³-hybridized carbons (Fsp3) is 0.429. The Morgan fingerprint density at radius 2 is 2.00 bits per heavy atom. The van der Waals surface area contributed by atoms with Crippen molar-refractivity contribution in [2.75, 3.05) is 31.7 Å². The topological polar surface area (TPSA) is 58.5 Å². The van der Waals surface area contributed by atoms with Crippen molar-refractivity contribution in [1.82, 2.24) is 9.97 Å². The number of aliphatic hydroxyl groups excluding tert-OH is 1. The summed E-state index contributed by atoms with van der Waals surface area (Å²) in [7, 11) is 1.43. The van der Waals surface area contributed by atoms with E-state index in [1.54, 1.807) is 24.0 Å². The molecule has 0 bridgehead atoms.